The van der Waals surface area contributed by atoms with Crippen LogP contribution in [-0.2, 0) is 21.0 Å². The minimum Gasteiger partial charge on any atom is -0.495 e. The van der Waals surface area contributed by atoms with Crippen LogP contribution < -0.4 is 19.5 Å². The zero-order chi connectivity index (χ0) is 24.9. The molecule has 0 fully saturated rings. The van der Waals surface area contributed by atoms with Crippen LogP contribution in [0.1, 0.15) is 5.56 Å². The first-order chi connectivity index (χ1) is 16.0. The van der Waals surface area contributed by atoms with Gasteiger partial charge in [0.15, 0.2) is 6.61 Å². The Bertz CT molecular complexity index is 1260. The molecule has 0 saturated heterocycles. The highest BCUT2D eigenvalue weighted by Gasteiger charge is 2.30. The third kappa shape index (κ3) is 6.38. The van der Waals surface area contributed by atoms with Crippen LogP contribution in [0.4, 0.5) is 28.9 Å². The molecule has 0 spiro atoms. The summed E-state index contributed by atoms with van der Waals surface area (Å²) in [6.45, 7) is -0.506. The zero-order valence-electron chi connectivity index (χ0n) is 17.5. The second-order valence-corrected chi connectivity index (χ2v) is 8.52. The maximum Gasteiger partial charge on any atom is 0.416 e. The Labute approximate surface area is 192 Å². The molecule has 1 amide bonds. The Morgan fingerprint density at radius 1 is 0.971 bits per heavy atom. The van der Waals surface area contributed by atoms with E-state index in [2.05, 4.69) is 10.0 Å². The SMILES string of the molecule is COc1ccc(NC(=O)COc2ccc(C(F)(F)F)cc2)cc1NS(=O)(=O)c1ccc(F)cc1. The fourth-order valence-corrected chi connectivity index (χ4v) is 3.83. The largest absolute Gasteiger partial charge is 0.495 e. The second kappa shape index (κ2) is 10.00. The molecule has 12 heteroatoms. The molecule has 0 aliphatic rings. The summed E-state index contributed by atoms with van der Waals surface area (Å²) in [5, 5.41) is 2.49. The van der Waals surface area contributed by atoms with Crippen molar-refractivity contribution >= 4 is 27.3 Å². The molecule has 0 atom stereocenters. The van der Waals surface area contributed by atoms with Crippen molar-refractivity contribution in [1.82, 2.24) is 0 Å². The molecule has 3 aromatic rings. The number of ether oxygens (including phenoxy) is 2. The van der Waals surface area contributed by atoms with E-state index in [1.807, 2.05) is 0 Å². The molecule has 0 aliphatic heterocycles. The molecule has 2 N–H and O–H groups in total. The van der Waals surface area contributed by atoms with Crippen molar-refractivity contribution in [2.75, 3.05) is 23.8 Å². The molecule has 0 aromatic heterocycles. The maximum absolute atomic E-state index is 13.1. The molecule has 0 saturated carbocycles. The smallest absolute Gasteiger partial charge is 0.416 e. The van der Waals surface area contributed by atoms with Gasteiger partial charge in [-0.1, -0.05) is 0 Å². The third-order valence-corrected chi connectivity index (χ3v) is 5.78. The molecule has 3 rings (SSSR count). The van der Waals surface area contributed by atoms with E-state index in [4.69, 9.17) is 9.47 Å². The van der Waals surface area contributed by atoms with Gasteiger partial charge >= 0.3 is 6.18 Å². The molecular formula is C22H18F4N2O5S. The van der Waals surface area contributed by atoms with Crippen molar-refractivity contribution in [3.8, 4) is 11.5 Å². The number of carbonyl (C=O) groups excluding carboxylic acids is 1. The number of anilines is 2. The van der Waals surface area contributed by atoms with Crippen molar-refractivity contribution in [3.05, 3.63) is 78.1 Å². The standard InChI is InChI=1S/C22H18F4N2O5S/c1-32-20-11-6-16(12-19(20)28-34(30,31)18-9-4-15(23)5-10-18)27-21(29)13-33-17-7-2-14(3-8-17)22(24,25)26/h2-12,28H,13H2,1H3,(H,27,29). The average molecular weight is 498 g/mol. The van der Waals surface area contributed by atoms with Crippen LogP contribution in [0.3, 0.4) is 0 Å². The highest BCUT2D eigenvalue weighted by Crippen LogP contribution is 2.31. The van der Waals surface area contributed by atoms with E-state index in [1.54, 1.807) is 0 Å². The van der Waals surface area contributed by atoms with Gasteiger partial charge in [-0.3, -0.25) is 9.52 Å². The number of hydrogen-bond donors (Lipinski definition) is 2. The first-order valence-corrected chi connectivity index (χ1v) is 11.0. The molecule has 0 bridgehead atoms. The molecular weight excluding hydrogens is 480 g/mol. The topological polar surface area (TPSA) is 93.7 Å². The normalized spacial score (nSPS) is 11.6. The number of benzene rings is 3. The van der Waals surface area contributed by atoms with E-state index in [1.165, 1.54) is 25.3 Å². The lowest BCUT2D eigenvalue weighted by Gasteiger charge is -2.14. The number of nitrogens with one attached hydrogen (secondary N) is 2. The lowest BCUT2D eigenvalue weighted by Crippen LogP contribution is -2.20. The Balaban J connectivity index is 1.67. The molecule has 0 radical (unpaired) electrons. The lowest BCUT2D eigenvalue weighted by molar-refractivity contribution is -0.137. The predicted molar refractivity (Wildman–Crippen MR) is 116 cm³/mol. The van der Waals surface area contributed by atoms with Crippen molar-refractivity contribution in [1.29, 1.82) is 0 Å². The molecule has 7 nitrogen and oxygen atoms in total. The summed E-state index contributed by atoms with van der Waals surface area (Å²) in [7, 11) is -2.76. The fraction of sp³-hybridized carbons (Fsp3) is 0.136. The summed E-state index contributed by atoms with van der Waals surface area (Å²) in [5.74, 6) is -1.02. The quantitative estimate of drug-likeness (QED) is 0.441. The molecule has 0 aliphatic carbocycles. The Morgan fingerprint density at radius 2 is 1.62 bits per heavy atom. The lowest BCUT2D eigenvalue weighted by atomic mass is 10.2. The second-order valence-electron chi connectivity index (χ2n) is 6.83. The van der Waals surface area contributed by atoms with E-state index in [0.29, 0.717) is 0 Å². The number of halogens is 4. The summed E-state index contributed by atoms with van der Waals surface area (Å²) in [6, 6.07) is 12.2. The first-order valence-electron chi connectivity index (χ1n) is 9.54. The van der Waals surface area contributed by atoms with E-state index >= 15 is 0 Å². The summed E-state index contributed by atoms with van der Waals surface area (Å²) in [6.07, 6.45) is -4.49. The van der Waals surface area contributed by atoms with Crippen LogP contribution >= 0.6 is 0 Å². The predicted octanol–water partition coefficient (Wildman–Crippen LogP) is 4.67. The van der Waals surface area contributed by atoms with E-state index in [9.17, 15) is 30.8 Å². The number of rotatable bonds is 8. The van der Waals surface area contributed by atoms with Crippen LogP contribution in [0, 0.1) is 5.82 Å². The van der Waals surface area contributed by atoms with Crippen molar-refractivity contribution < 1.29 is 40.2 Å². The minimum atomic E-state index is -4.49. The molecule has 34 heavy (non-hydrogen) atoms. The van der Waals surface area contributed by atoms with E-state index in [0.717, 1.165) is 48.5 Å². The summed E-state index contributed by atoms with van der Waals surface area (Å²) in [5.41, 5.74) is -0.648. The highest BCUT2D eigenvalue weighted by molar-refractivity contribution is 7.92. The van der Waals surface area contributed by atoms with E-state index < -0.39 is 40.1 Å². The zero-order valence-corrected chi connectivity index (χ0v) is 18.3. The van der Waals surface area contributed by atoms with Crippen LogP contribution in [0.5, 0.6) is 11.5 Å². The number of carbonyl (C=O) groups is 1. The molecule has 0 heterocycles. The highest BCUT2D eigenvalue weighted by atomic mass is 32.2. The fourth-order valence-electron chi connectivity index (χ4n) is 2.77. The molecule has 3 aromatic carbocycles. The number of methoxy groups -OCH3 is 1. The van der Waals surface area contributed by atoms with Gasteiger partial charge in [-0.25, -0.2) is 12.8 Å². The van der Waals surface area contributed by atoms with Gasteiger partial charge in [0.05, 0.1) is 23.3 Å². The number of hydrogen-bond acceptors (Lipinski definition) is 5. The van der Waals surface area contributed by atoms with Crippen molar-refractivity contribution in [2.24, 2.45) is 0 Å². The van der Waals surface area contributed by atoms with Gasteiger partial charge in [0.25, 0.3) is 15.9 Å². The number of amides is 1. The van der Waals surface area contributed by atoms with Crippen molar-refractivity contribution in [3.63, 3.8) is 0 Å². The van der Waals surface area contributed by atoms with Crippen LogP contribution in [0.2, 0.25) is 0 Å². The van der Waals surface area contributed by atoms with Crippen LogP contribution in [0.15, 0.2) is 71.6 Å². The first kappa shape index (κ1) is 24.8. The maximum atomic E-state index is 13.1. The third-order valence-electron chi connectivity index (χ3n) is 4.40. The Kier molecular flexibility index (Phi) is 7.30. The monoisotopic (exact) mass is 498 g/mol. The van der Waals surface area contributed by atoms with E-state index in [-0.39, 0.29) is 27.8 Å². The van der Waals surface area contributed by atoms with Crippen LogP contribution in [0.25, 0.3) is 0 Å². The minimum absolute atomic E-state index is 0.00767. The van der Waals surface area contributed by atoms with Gasteiger partial charge in [-0.15, -0.1) is 0 Å². The van der Waals surface area contributed by atoms with Crippen LogP contribution in [-0.4, -0.2) is 28.0 Å². The van der Waals surface area contributed by atoms with Crippen molar-refractivity contribution in [2.45, 2.75) is 11.1 Å². The Morgan fingerprint density at radius 3 is 2.21 bits per heavy atom. The van der Waals surface area contributed by atoms with Gasteiger partial charge < -0.3 is 14.8 Å². The summed E-state index contributed by atoms with van der Waals surface area (Å²) < 4.78 is 88.7. The summed E-state index contributed by atoms with van der Waals surface area (Å²) >= 11 is 0. The van der Waals surface area contributed by atoms with Gasteiger partial charge in [-0.05, 0) is 66.7 Å². The summed E-state index contributed by atoms with van der Waals surface area (Å²) in [4.78, 5) is 12.0. The van der Waals surface area contributed by atoms with Gasteiger partial charge in [0, 0.05) is 5.69 Å². The number of sulfonamides is 1. The van der Waals surface area contributed by atoms with Gasteiger partial charge in [0.2, 0.25) is 0 Å². The Hall–Kier alpha value is -3.80. The van der Waals surface area contributed by atoms with Gasteiger partial charge in [-0.2, -0.15) is 13.2 Å². The van der Waals surface area contributed by atoms with Gasteiger partial charge in [0.1, 0.15) is 17.3 Å². The molecule has 0 unspecified atom stereocenters. The number of alkyl halides is 3. The average Bonchev–Trinajstić information content (AvgIpc) is 2.78. The molecule has 180 valence electrons.